The van der Waals surface area contributed by atoms with Gasteiger partial charge in [0, 0.05) is 17.9 Å². The molecule has 3 atom stereocenters. The van der Waals surface area contributed by atoms with Gasteiger partial charge in [-0.15, -0.1) is 0 Å². The highest BCUT2D eigenvalue weighted by Crippen LogP contribution is 2.46. The van der Waals surface area contributed by atoms with Crippen LogP contribution in [-0.2, 0) is 0 Å². The van der Waals surface area contributed by atoms with Crippen LogP contribution in [0.3, 0.4) is 0 Å². The van der Waals surface area contributed by atoms with E-state index in [1.54, 1.807) is 18.2 Å². The van der Waals surface area contributed by atoms with Crippen LogP contribution in [-0.4, -0.2) is 22.2 Å². The summed E-state index contributed by atoms with van der Waals surface area (Å²) in [6, 6.07) is 6.34. The van der Waals surface area contributed by atoms with E-state index in [4.69, 9.17) is 4.74 Å². The number of hydrogen-bond donors (Lipinski definition) is 1. The molecule has 0 saturated heterocycles. The maximum absolute atomic E-state index is 10.9. The first-order valence-corrected chi connectivity index (χ1v) is 6.07. The number of nitrogens with zero attached hydrogens (tertiary/aromatic N) is 1. The number of benzene rings is 1. The van der Waals surface area contributed by atoms with Crippen molar-refractivity contribution in [3.63, 3.8) is 0 Å². The first kappa shape index (κ1) is 12.8. The lowest BCUT2D eigenvalue weighted by Gasteiger charge is -2.50. The molecular formula is C13H17NO4. The Morgan fingerprint density at radius 1 is 1.56 bits per heavy atom. The fourth-order valence-electron chi connectivity index (χ4n) is 2.30. The highest BCUT2D eigenvalue weighted by atomic mass is 16.6. The minimum absolute atomic E-state index is 0.0302. The van der Waals surface area contributed by atoms with Gasteiger partial charge in [0.15, 0.2) is 5.75 Å². The molecule has 1 fully saturated rings. The van der Waals surface area contributed by atoms with E-state index in [0.717, 1.165) is 6.42 Å². The van der Waals surface area contributed by atoms with Gasteiger partial charge in [0.05, 0.1) is 11.0 Å². The van der Waals surface area contributed by atoms with Gasteiger partial charge in [-0.1, -0.05) is 26.0 Å². The number of nitro groups is 1. The molecule has 1 saturated carbocycles. The lowest BCUT2D eigenvalue weighted by molar-refractivity contribution is -0.386. The van der Waals surface area contributed by atoms with Crippen LogP contribution in [0.4, 0.5) is 5.69 Å². The molecular weight excluding hydrogens is 234 g/mol. The molecule has 1 aliphatic carbocycles. The summed E-state index contributed by atoms with van der Waals surface area (Å²) in [6.07, 6.45) is 0.740. The van der Waals surface area contributed by atoms with Gasteiger partial charge in [0.2, 0.25) is 0 Å². The van der Waals surface area contributed by atoms with Crippen molar-refractivity contribution in [3.8, 4) is 5.75 Å². The average molecular weight is 251 g/mol. The predicted molar refractivity (Wildman–Crippen MR) is 66.5 cm³/mol. The number of aliphatic hydroxyl groups is 1. The van der Waals surface area contributed by atoms with E-state index < -0.39 is 11.0 Å². The molecule has 0 aromatic heterocycles. The molecule has 0 spiro atoms. The highest BCUT2D eigenvalue weighted by molar-refractivity contribution is 5.46. The van der Waals surface area contributed by atoms with Crippen LogP contribution in [0, 0.1) is 15.5 Å². The summed E-state index contributed by atoms with van der Waals surface area (Å²) >= 11 is 0. The summed E-state index contributed by atoms with van der Waals surface area (Å²) in [7, 11) is 0. The van der Waals surface area contributed by atoms with Crippen LogP contribution in [0.25, 0.3) is 0 Å². The molecule has 1 aliphatic rings. The smallest absolute Gasteiger partial charge is 0.310 e. The SMILES string of the molecule is CCC1(C)C(O)CC1Oc1ccccc1[N+](=O)[O-]. The van der Waals surface area contributed by atoms with Crippen LogP contribution in [0.1, 0.15) is 26.7 Å². The Kier molecular flexibility index (Phi) is 3.26. The van der Waals surface area contributed by atoms with Crippen molar-refractivity contribution in [1.29, 1.82) is 0 Å². The zero-order chi connectivity index (χ0) is 13.3. The van der Waals surface area contributed by atoms with Crippen LogP contribution >= 0.6 is 0 Å². The van der Waals surface area contributed by atoms with E-state index in [1.165, 1.54) is 6.07 Å². The third-order valence-electron chi connectivity index (χ3n) is 4.03. The minimum Gasteiger partial charge on any atom is -0.483 e. The fourth-order valence-corrected chi connectivity index (χ4v) is 2.30. The summed E-state index contributed by atoms with van der Waals surface area (Å²) in [4.78, 5) is 10.4. The fraction of sp³-hybridized carbons (Fsp3) is 0.538. The van der Waals surface area contributed by atoms with Gasteiger partial charge < -0.3 is 9.84 Å². The molecule has 98 valence electrons. The Morgan fingerprint density at radius 3 is 2.78 bits per heavy atom. The summed E-state index contributed by atoms with van der Waals surface area (Å²) in [5.41, 5.74) is -0.346. The third kappa shape index (κ3) is 1.95. The molecule has 0 heterocycles. The predicted octanol–water partition coefficient (Wildman–Crippen LogP) is 2.52. The van der Waals surface area contributed by atoms with E-state index in [1.807, 2.05) is 13.8 Å². The van der Waals surface area contributed by atoms with E-state index in [2.05, 4.69) is 0 Å². The topological polar surface area (TPSA) is 72.6 Å². The Bertz CT molecular complexity index is 462. The molecule has 18 heavy (non-hydrogen) atoms. The molecule has 1 N–H and O–H groups in total. The van der Waals surface area contributed by atoms with Crippen molar-refractivity contribution in [2.45, 2.75) is 38.9 Å². The quantitative estimate of drug-likeness (QED) is 0.659. The zero-order valence-corrected chi connectivity index (χ0v) is 10.5. The van der Waals surface area contributed by atoms with Crippen LogP contribution in [0.15, 0.2) is 24.3 Å². The molecule has 5 nitrogen and oxygen atoms in total. The van der Waals surface area contributed by atoms with Gasteiger partial charge in [-0.3, -0.25) is 10.1 Å². The second-order valence-electron chi connectivity index (χ2n) is 4.94. The van der Waals surface area contributed by atoms with Gasteiger partial charge in [-0.25, -0.2) is 0 Å². The van der Waals surface area contributed by atoms with E-state index in [0.29, 0.717) is 6.42 Å². The summed E-state index contributed by atoms with van der Waals surface area (Å²) in [5.74, 6) is 0.277. The van der Waals surface area contributed by atoms with Gasteiger partial charge in [0.1, 0.15) is 6.10 Å². The number of aliphatic hydroxyl groups excluding tert-OH is 1. The molecule has 3 unspecified atom stereocenters. The first-order valence-electron chi connectivity index (χ1n) is 6.07. The Labute approximate surface area is 106 Å². The van der Waals surface area contributed by atoms with Crippen LogP contribution in [0.5, 0.6) is 5.75 Å². The highest BCUT2D eigenvalue weighted by Gasteiger charge is 2.51. The Hall–Kier alpha value is -1.62. The van der Waals surface area contributed by atoms with Crippen molar-refractivity contribution in [1.82, 2.24) is 0 Å². The molecule has 0 amide bonds. The van der Waals surface area contributed by atoms with Crippen LogP contribution in [0.2, 0.25) is 0 Å². The van der Waals surface area contributed by atoms with Gasteiger partial charge in [0.25, 0.3) is 0 Å². The normalized spacial score (nSPS) is 30.6. The standard InChI is InChI=1S/C13H17NO4/c1-3-13(2)11(15)8-12(13)18-10-7-5-4-6-9(10)14(16)17/h4-7,11-12,15H,3,8H2,1-2H3. The number of ether oxygens (including phenoxy) is 1. The Balaban J connectivity index is 2.18. The maximum atomic E-state index is 10.9. The van der Waals surface area contributed by atoms with E-state index >= 15 is 0 Å². The van der Waals surface area contributed by atoms with E-state index in [9.17, 15) is 15.2 Å². The van der Waals surface area contributed by atoms with Gasteiger partial charge in [-0.05, 0) is 12.5 Å². The second-order valence-corrected chi connectivity index (χ2v) is 4.94. The minimum atomic E-state index is -0.451. The summed E-state index contributed by atoms with van der Waals surface area (Å²) in [6.45, 7) is 3.93. The lowest BCUT2D eigenvalue weighted by Crippen LogP contribution is -2.57. The molecule has 1 aromatic carbocycles. The Morgan fingerprint density at radius 2 is 2.22 bits per heavy atom. The molecule has 0 aliphatic heterocycles. The largest absolute Gasteiger partial charge is 0.483 e. The molecule has 0 bridgehead atoms. The van der Waals surface area contributed by atoms with Crippen LogP contribution < -0.4 is 4.74 Å². The second kappa shape index (κ2) is 4.57. The molecule has 2 rings (SSSR count). The number of nitro benzene ring substituents is 1. The monoisotopic (exact) mass is 251 g/mol. The van der Waals surface area contributed by atoms with E-state index in [-0.39, 0.29) is 23.0 Å². The lowest BCUT2D eigenvalue weighted by atomic mass is 9.63. The van der Waals surface area contributed by atoms with Crippen molar-refractivity contribution in [2.75, 3.05) is 0 Å². The number of hydrogen-bond acceptors (Lipinski definition) is 4. The average Bonchev–Trinajstić information content (AvgIpc) is 2.37. The molecule has 5 heteroatoms. The van der Waals surface area contributed by atoms with Gasteiger partial charge in [-0.2, -0.15) is 0 Å². The van der Waals surface area contributed by atoms with Crippen molar-refractivity contribution < 1.29 is 14.8 Å². The van der Waals surface area contributed by atoms with Crippen molar-refractivity contribution in [3.05, 3.63) is 34.4 Å². The van der Waals surface area contributed by atoms with Crippen molar-refractivity contribution in [2.24, 2.45) is 5.41 Å². The molecule has 0 radical (unpaired) electrons. The maximum Gasteiger partial charge on any atom is 0.310 e. The third-order valence-corrected chi connectivity index (χ3v) is 4.03. The number of para-hydroxylation sites is 2. The number of rotatable bonds is 4. The van der Waals surface area contributed by atoms with Crippen molar-refractivity contribution >= 4 is 5.69 Å². The zero-order valence-electron chi connectivity index (χ0n) is 10.5. The van der Waals surface area contributed by atoms with Gasteiger partial charge >= 0.3 is 5.69 Å². The summed E-state index contributed by atoms with van der Waals surface area (Å²) < 4.78 is 5.72. The molecule has 1 aromatic rings. The first-order chi connectivity index (χ1) is 8.49. The summed E-state index contributed by atoms with van der Waals surface area (Å²) in [5, 5.41) is 20.7.